The highest BCUT2D eigenvalue weighted by atomic mass is 16.3. The van der Waals surface area contributed by atoms with Crippen molar-refractivity contribution in [3.05, 3.63) is 218 Å². The second kappa shape index (κ2) is 13.1. The minimum atomic E-state index is 0.266. The van der Waals surface area contributed by atoms with Crippen LogP contribution >= 0.6 is 0 Å². The van der Waals surface area contributed by atoms with Crippen LogP contribution in [-0.4, -0.2) is 6.04 Å². The Morgan fingerprint density at radius 3 is 1.72 bits per heavy atom. The van der Waals surface area contributed by atoms with Gasteiger partial charge in [-0.15, -0.1) is 0 Å². The number of nitrogens with zero attached hydrogens (tertiary/aromatic N) is 1. The molecule has 2 unspecified atom stereocenters. The Morgan fingerprint density at radius 2 is 0.966 bits per heavy atom. The van der Waals surface area contributed by atoms with Crippen molar-refractivity contribution in [3.8, 4) is 44.5 Å². The smallest absolute Gasteiger partial charge is 0.143 e. The van der Waals surface area contributed by atoms with Gasteiger partial charge in [-0.3, -0.25) is 0 Å². The molecule has 0 amide bonds. The van der Waals surface area contributed by atoms with Gasteiger partial charge in [0.05, 0.1) is 6.04 Å². The molecule has 2 aliphatic rings. The number of fused-ring (bicyclic) bond motifs is 8. The summed E-state index contributed by atoms with van der Waals surface area (Å²) in [6.45, 7) is 0. The molecule has 2 nitrogen and oxygen atoms in total. The molecule has 0 saturated heterocycles. The Kier molecular flexibility index (Phi) is 7.39. The van der Waals surface area contributed by atoms with Gasteiger partial charge in [-0.1, -0.05) is 176 Å². The number of furan rings is 1. The Bertz CT molecular complexity index is 3240. The van der Waals surface area contributed by atoms with Gasteiger partial charge >= 0.3 is 0 Å². The lowest BCUT2D eigenvalue weighted by Crippen LogP contribution is -2.28. The fourth-order valence-corrected chi connectivity index (χ4v) is 9.81. The van der Waals surface area contributed by atoms with E-state index in [2.05, 4.69) is 205 Å². The van der Waals surface area contributed by atoms with E-state index in [1.165, 1.54) is 71.9 Å². The largest absolute Gasteiger partial charge is 0.455 e. The number of hydrogen-bond acceptors (Lipinski definition) is 2. The number of hydrogen-bond donors (Lipinski definition) is 0. The van der Waals surface area contributed by atoms with E-state index in [0.717, 1.165) is 33.1 Å². The van der Waals surface area contributed by atoms with Gasteiger partial charge in [0, 0.05) is 33.6 Å². The lowest BCUT2D eigenvalue weighted by Gasteiger charge is -2.28. The van der Waals surface area contributed by atoms with Crippen molar-refractivity contribution in [3.63, 3.8) is 0 Å². The Balaban J connectivity index is 0.969. The molecule has 1 aliphatic carbocycles. The van der Waals surface area contributed by atoms with E-state index in [4.69, 9.17) is 4.42 Å². The van der Waals surface area contributed by atoms with E-state index >= 15 is 0 Å². The summed E-state index contributed by atoms with van der Waals surface area (Å²) in [5.41, 5.74) is 15.4. The number of anilines is 2. The zero-order valence-corrected chi connectivity index (χ0v) is 31.7. The SMILES string of the molecule is C1=CC2c3cc(-c4cccc(-c5c6ccccc6c(-c6ccc(-c7cccc8c7oc7ccccc78)cc6)c6ccccc56)c4)ccc3N(c3ccccc3)C2C=C1. The molecule has 12 rings (SSSR count). The molecule has 9 aromatic carbocycles. The molecular formula is C56H37NO. The highest BCUT2D eigenvalue weighted by Gasteiger charge is 2.37. The third-order valence-corrected chi connectivity index (χ3v) is 12.4. The molecular weight excluding hydrogens is 703 g/mol. The van der Waals surface area contributed by atoms with Crippen LogP contribution in [0.2, 0.25) is 0 Å². The lowest BCUT2D eigenvalue weighted by atomic mass is 9.85. The summed E-state index contributed by atoms with van der Waals surface area (Å²) >= 11 is 0. The summed E-state index contributed by atoms with van der Waals surface area (Å²) in [4.78, 5) is 2.49. The molecule has 2 heterocycles. The summed E-state index contributed by atoms with van der Waals surface area (Å²) in [5.74, 6) is 0.303. The molecule has 0 fully saturated rings. The van der Waals surface area contributed by atoms with Gasteiger partial charge in [-0.25, -0.2) is 0 Å². The van der Waals surface area contributed by atoms with E-state index in [1.807, 2.05) is 12.1 Å². The predicted molar refractivity (Wildman–Crippen MR) is 244 cm³/mol. The second-order valence-electron chi connectivity index (χ2n) is 15.5. The van der Waals surface area contributed by atoms with Crippen LogP contribution in [0, 0.1) is 0 Å². The van der Waals surface area contributed by atoms with Gasteiger partial charge in [0.2, 0.25) is 0 Å². The molecule has 1 aliphatic heterocycles. The van der Waals surface area contributed by atoms with E-state index in [-0.39, 0.29) is 6.04 Å². The number of rotatable bonds is 5. The zero-order chi connectivity index (χ0) is 38.2. The monoisotopic (exact) mass is 739 g/mol. The van der Waals surface area contributed by atoms with Crippen molar-refractivity contribution in [1.82, 2.24) is 0 Å². The third kappa shape index (κ3) is 5.05. The van der Waals surface area contributed by atoms with Crippen molar-refractivity contribution in [2.24, 2.45) is 0 Å². The average Bonchev–Trinajstić information content (AvgIpc) is 3.84. The Hall–Kier alpha value is -7.42. The molecule has 272 valence electrons. The molecule has 2 heteroatoms. The van der Waals surface area contributed by atoms with Crippen LogP contribution in [0.5, 0.6) is 0 Å². The van der Waals surface area contributed by atoms with Crippen LogP contribution in [0.3, 0.4) is 0 Å². The van der Waals surface area contributed by atoms with Gasteiger partial charge < -0.3 is 9.32 Å². The normalized spacial score (nSPS) is 15.8. The van der Waals surface area contributed by atoms with Crippen molar-refractivity contribution in [2.45, 2.75) is 12.0 Å². The molecule has 1 aromatic heterocycles. The minimum absolute atomic E-state index is 0.266. The van der Waals surface area contributed by atoms with Crippen molar-refractivity contribution in [1.29, 1.82) is 0 Å². The quantitative estimate of drug-likeness (QED) is 0.163. The summed E-state index contributed by atoms with van der Waals surface area (Å²) in [7, 11) is 0. The number of para-hydroxylation sites is 3. The fraction of sp³-hybridized carbons (Fsp3) is 0.0357. The van der Waals surface area contributed by atoms with Crippen LogP contribution in [0.4, 0.5) is 11.4 Å². The van der Waals surface area contributed by atoms with Crippen molar-refractivity contribution in [2.75, 3.05) is 4.90 Å². The predicted octanol–water partition coefficient (Wildman–Crippen LogP) is 15.3. The molecule has 0 spiro atoms. The highest BCUT2D eigenvalue weighted by Crippen LogP contribution is 2.50. The summed E-state index contributed by atoms with van der Waals surface area (Å²) in [6.07, 6.45) is 9.09. The van der Waals surface area contributed by atoms with Gasteiger partial charge in [0.25, 0.3) is 0 Å². The Labute approximate surface area is 337 Å². The topological polar surface area (TPSA) is 16.4 Å². The molecule has 58 heavy (non-hydrogen) atoms. The average molecular weight is 740 g/mol. The second-order valence-corrected chi connectivity index (χ2v) is 15.5. The summed E-state index contributed by atoms with van der Waals surface area (Å²) in [6, 6.07) is 68.9. The van der Waals surface area contributed by atoms with Crippen LogP contribution in [0.1, 0.15) is 11.5 Å². The van der Waals surface area contributed by atoms with Crippen LogP contribution in [-0.2, 0) is 0 Å². The first-order chi connectivity index (χ1) is 28.8. The summed E-state index contributed by atoms with van der Waals surface area (Å²) in [5, 5.41) is 7.28. The van der Waals surface area contributed by atoms with Crippen LogP contribution < -0.4 is 4.90 Å². The highest BCUT2D eigenvalue weighted by molar-refractivity contribution is 6.21. The van der Waals surface area contributed by atoms with E-state index in [1.54, 1.807) is 0 Å². The first-order valence-corrected chi connectivity index (χ1v) is 20.2. The number of allylic oxidation sites excluding steroid dienone is 2. The standard InChI is InChI=1S/C56H37NO/c1-2-16-41(17-3-1)57-51-26-10-8-18-43(51)50-35-39(32-33-52(50)57)38-14-12-15-40(34-38)55-47-22-6-4-20-45(47)54(46-21-5-7-23-48(46)55)37-30-28-36(29-31-37)42-24-13-25-49-44-19-9-11-27-53(44)58-56(42)49/h1-35,43,51H. The van der Waals surface area contributed by atoms with E-state index in [9.17, 15) is 0 Å². The summed E-state index contributed by atoms with van der Waals surface area (Å²) < 4.78 is 6.41. The first-order valence-electron chi connectivity index (χ1n) is 20.2. The maximum Gasteiger partial charge on any atom is 0.143 e. The molecule has 0 radical (unpaired) electrons. The first kappa shape index (κ1) is 32.8. The van der Waals surface area contributed by atoms with E-state index in [0.29, 0.717) is 5.92 Å². The van der Waals surface area contributed by atoms with Gasteiger partial charge in [0.1, 0.15) is 11.2 Å². The molecule has 10 aromatic rings. The van der Waals surface area contributed by atoms with Gasteiger partial charge in [0.15, 0.2) is 0 Å². The molecule has 0 saturated carbocycles. The van der Waals surface area contributed by atoms with Crippen LogP contribution in [0.15, 0.2) is 217 Å². The minimum Gasteiger partial charge on any atom is -0.455 e. The molecule has 0 bridgehead atoms. The maximum absolute atomic E-state index is 6.41. The van der Waals surface area contributed by atoms with Gasteiger partial charge in [-0.05, 0) is 102 Å². The third-order valence-electron chi connectivity index (χ3n) is 12.4. The lowest BCUT2D eigenvalue weighted by molar-refractivity contribution is 0.670. The van der Waals surface area contributed by atoms with Gasteiger partial charge in [-0.2, -0.15) is 0 Å². The Morgan fingerprint density at radius 1 is 0.397 bits per heavy atom. The van der Waals surface area contributed by atoms with Crippen molar-refractivity contribution >= 4 is 54.9 Å². The number of benzene rings is 9. The zero-order valence-electron chi connectivity index (χ0n) is 31.7. The maximum atomic E-state index is 6.41. The molecule has 2 atom stereocenters. The van der Waals surface area contributed by atoms with E-state index < -0.39 is 0 Å². The van der Waals surface area contributed by atoms with Crippen molar-refractivity contribution < 1.29 is 4.42 Å². The fourth-order valence-electron chi connectivity index (χ4n) is 9.81. The molecule has 0 N–H and O–H groups in total. The van der Waals surface area contributed by atoms with Crippen LogP contribution in [0.25, 0.3) is 88.0 Å².